The van der Waals surface area contributed by atoms with Gasteiger partial charge in [-0.25, -0.2) is 0 Å². The molecule has 0 spiro atoms. The number of ketones is 2. The number of fused-ring (bicyclic) bond motifs is 5. The lowest BCUT2D eigenvalue weighted by molar-refractivity contribution is -0.179. The zero-order chi connectivity index (χ0) is 18.2. The van der Waals surface area contributed by atoms with Gasteiger partial charge in [0, 0.05) is 18.3 Å². The fourth-order valence-electron chi connectivity index (χ4n) is 7.11. The minimum atomic E-state index is -1.61. The molecular formula is C21H30O4. The number of Topliss-reactive ketones (excluding diaryl/α,β-unsaturated/α-hetero) is 1. The zero-order valence-electron chi connectivity index (χ0n) is 15.5. The molecule has 0 bridgehead atoms. The van der Waals surface area contributed by atoms with E-state index in [2.05, 4.69) is 6.92 Å². The minimum Gasteiger partial charge on any atom is -0.390 e. The van der Waals surface area contributed by atoms with Crippen LogP contribution in [0.25, 0.3) is 0 Å². The highest BCUT2D eigenvalue weighted by atomic mass is 16.4. The van der Waals surface area contributed by atoms with Crippen molar-refractivity contribution in [3.8, 4) is 0 Å². The van der Waals surface area contributed by atoms with Gasteiger partial charge in [0.25, 0.3) is 0 Å². The van der Waals surface area contributed by atoms with E-state index in [1.165, 1.54) is 5.57 Å². The molecule has 138 valence electrons. The summed E-state index contributed by atoms with van der Waals surface area (Å²) in [6, 6.07) is 0. The average Bonchev–Trinajstić information content (AvgIpc) is 2.77. The van der Waals surface area contributed by atoms with Crippen LogP contribution in [0.2, 0.25) is 0 Å². The predicted molar refractivity (Wildman–Crippen MR) is 93.7 cm³/mol. The van der Waals surface area contributed by atoms with Crippen molar-refractivity contribution >= 4 is 11.6 Å². The third-order valence-electron chi connectivity index (χ3n) is 8.66. The standard InChI is InChI=1S/C21H30O4/c1-12(22)21(25)18(24)11-17-15-5-4-13-10-14(23)6-8-19(13,2)16(15)7-9-20(17,21)3/h10,12,15-17,22,25H,4-9,11H2,1-3H3. The Balaban J connectivity index is 1.72. The van der Waals surface area contributed by atoms with E-state index in [-0.39, 0.29) is 22.9 Å². The van der Waals surface area contributed by atoms with Gasteiger partial charge < -0.3 is 10.2 Å². The van der Waals surface area contributed by atoms with Gasteiger partial charge in [-0.3, -0.25) is 9.59 Å². The summed E-state index contributed by atoms with van der Waals surface area (Å²) < 4.78 is 0. The summed E-state index contributed by atoms with van der Waals surface area (Å²) in [4.78, 5) is 24.6. The molecule has 4 rings (SSSR count). The van der Waals surface area contributed by atoms with Gasteiger partial charge >= 0.3 is 0 Å². The van der Waals surface area contributed by atoms with Crippen LogP contribution in [0.5, 0.6) is 0 Å². The lowest BCUT2D eigenvalue weighted by Crippen LogP contribution is -2.60. The molecule has 0 saturated heterocycles. The maximum Gasteiger partial charge on any atom is 0.167 e. The summed E-state index contributed by atoms with van der Waals surface area (Å²) in [5.74, 6) is 1.08. The van der Waals surface area contributed by atoms with Gasteiger partial charge in [0.1, 0.15) is 0 Å². The molecule has 4 aliphatic rings. The maximum atomic E-state index is 12.7. The number of hydrogen-bond donors (Lipinski definition) is 2. The van der Waals surface area contributed by atoms with Crippen LogP contribution in [-0.2, 0) is 9.59 Å². The molecule has 25 heavy (non-hydrogen) atoms. The van der Waals surface area contributed by atoms with Gasteiger partial charge in [0.05, 0.1) is 6.10 Å². The third-order valence-corrected chi connectivity index (χ3v) is 8.66. The molecule has 3 fully saturated rings. The van der Waals surface area contributed by atoms with Crippen LogP contribution in [0, 0.1) is 28.6 Å². The lowest BCUT2D eigenvalue weighted by Gasteiger charge is -2.59. The Hall–Kier alpha value is -1.00. The van der Waals surface area contributed by atoms with Crippen molar-refractivity contribution in [3.05, 3.63) is 11.6 Å². The van der Waals surface area contributed by atoms with Crippen LogP contribution in [0.4, 0.5) is 0 Å². The van der Waals surface area contributed by atoms with Crippen molar-refractivity contribution in [2.45, 2.75) is 77.4 Å². The molecule has 7 atom stereocenters. The SMILES string of the molecule is CC(O)C1(O)C(=O)CC2C3CCC4=CC(=O)CCC4(C)C3CCC21C. The highest BCUT2D eigenvalue weighted by Gasteiger charge is 2.69. The molecule has 4 heteroatoms. The van der Waals surface area contributed by atoms with E-state index < -0.39 is 17.1 Å². The van der Waals surface area contributed by atoms with E-state index >= 15 is 0 Å². The second kappa shape index (κ2) is 5.26. The van der Waals surface area contributed by atoms with Gasteiger partial charge in [-0.2, -0.15) is 0 Å². The molecule has 0 aromatic rings. The fourth-order valence-corrected chi connectivity index (χ4v) is 7.11. The van der Waals surface area contributed by atoms with E-state index in [4.69, 9.17) is 0 Å². The van der Waals surface area contributed by atoms with Crippen molar-refractivity contribution < 1.29 is 19.8 Å². The molecular weight excluding hydrogens is 316 g/mol. The Labute approximate surface area is 149 Å². The highest BCUT2D eigenvalue weighted by Crippen LogP contribution is 2.67. The summed E-state index contributed by atoms with van der Waals surface area (Å²) in [6.45, 7) is 5.87. The summed E-state index contributed by atoms with van der Waals surface area (Å²) in [5.41, 5.74) is -0.778. The molecule has 2 N–H and O–H groups in total. The van der Waals surface area contributed by atoms with Crippen molar-refractivity contribution in [2.24, 2.45) is 28.6 Å². The smallest absolute Gasteiger partial charge is 0.167 e. The normalized spacial score (nSPS) is 50.6. The van der Waals surface area contributed by atoms with Crippen LogP contribution < -0.4 is 0 Å². The molecule has 7 unspecified atom stereocenters. The molecule has 0 aromatic carbocycles. The van der Waals surface area contributed by atoms with Crippen LogP contribution in [0.1, 0.15) is 65.7 Å². The molecule has 0 aliphatic heterocycles. The van der Waals surface area contributed by atoms with E-state index in [1.54, 1.807) is 6.92 Å². The van der Waals surface area contributed by atoms with E-state index in [1.807, 2.05) is 13.0 Å². The van der Waals surface area contributed by atoms with Crippen LogP contribution in [0.3, 0.4) is 0 Å². The minimum absolute atomic E-state index is 0.0622. The second-order valence-corrected chi connectivity index (χ2v) is 9.49. The monoisotopic (exact) mass is 346 g/mol. The summed E-state index contributed by atoms with van der Waals surface area (Å²) in [7, 11) is 0. The predicted octanol–water partition coefficient (Wildman–Crippen LogP) is 2.81. The Morgan fingerprint density at radius 3 is 2.52 bits per heavy atom. The van der Waals surface area contributed by atoms with E-state index in [0.717, 1.165) is 32.1 Å². The van der Waals surface area contributed by atoms with Gasteiger partial charge in [-0.15, -0.1) is 0 Å². The van der Waals surface area contributed by atoms with Crippen molar-refractivity contribution in [3.63, 3.8) is 0 Å². The number of allylic oxidation sites excluding steroid dienone is 1. The van der Waals surface area contributed by atoms with Crippen LogP contribution in [-0.4, -0.2) is 33.5 Å². The van der Waals surface area contributed by atoms with Crippen molar-refractivity contribution in [1.29, 1.82) is 0 Å². The fraction of sp³-hybridized carbons (Fsp3) is 0.810. The Bertz CT molecular complexity index is 665. The quantitative estimate of drug-likeness (QED) is 0.766. The molecule has 4 nitrogen and oxygen atoms in total. The third kappa shape index (κ3) is 2.01. The number of aliphatic hydroxyl groups excluding tert-OH is 1. The summed E-state index contributed by atoms with van der Waals surface area (Å²) >= 11 is 0. The Kier molecular flexibility index (Phi) is 3.66. The number of aliphatic hydroxyl groups is 2. The average molecular weight is 346 g/mol. The second-order valence-electron chi connectivity index (χ2n) is 9.49. The number of rotatable bonds is 1. The summed E-state index contributed by atoms with van der Waals surface area (Å²) in [5, 5.41) is 21.4. The van der Waals surface area contributed by atoms with Crippen LogP contribution in [0.15, 0.2) is 11.6 Å². The maximum absolute atomic E-state index is 12.7. The summed E-state index contributed by atoms with van der Waals surface area (Å²) in [6.07, 6.45) is 6.42. The van der Waals surface area contributed by atoms with Gasteiger partial charge in [0.2, 0.25) is 0 Å². The number of hydrogen-bond acceptors (Lipinski definition) is 4. The van der Waals surface area contributed by atoms with E-state index in [9.17, 15) is 19.8 Å². The molecule has 0 heterocycles. The first-order valence-electron chi connectivity index (χ1n) is 9.82. The van der Waals surface area contributed by atoms with Crippen molar-refractivity contribution in [1.82, 2.24) is 0 Å². The molecule has 4 aliphatic carbocycles. The van der Waals surface area contributed by atoms with Gasteiger partial charge in [-0.05, 0) is 68.3 Å². The topological polar surface area (TPSA) is 74.6 Å². The highest BCUT2D eigenvalue weighted by molar-refractivity contribution is 5.92. The first kappa shape index (κ1) is 17.4. The molecule has 0 aromatic heterocycles. The van der Waals surface area contributed by atoms with Gasteiger partial charge in [-0.1, -0.05) is 19.4 Å². The molecule has 3 saturated carbocycles. The lowest BCUT2D eigenvalue weighted by atomic mass is 9.46. The van der Waals surface area contributed by atoms with Crippen LogP contribution >= 0.6 is 0 Å². The number of carbonyl (C=O) groups is 2. The van der Waals surface area contributed by atoms with E-state index in [0.29, 0.717) is 24.7 Å². The Morgan fingerprint density at radius 2 is 1.84 bits per heavy atom. The first-order valence-corrected chi connectivity index (χ1v) is 9.82. The first-order chi connectivity index (χ1) is 11.6. The van der Waals surface area contributed by atoms with Gasteiger partial charge in [0.15, 0.2) is 17.2 Å². The Morgan fingerprint density at radius 1 is 1.12 bits per heavy atom. The molecule has 0 amide bonds. The number of carbonyl (C=O) groups excluding carboxylic acids is 2. The largest absolute Gasteiger partial charge is 0.390 e. The molecule has 0 radical (unpaired) electrons. The zero-order valence-corrected chi connectivity index (χ0v) is 15.5. The van der Waals surface area contributed by atoms with Crippen molar-refractivity contribution in [2.75, 3.05) is 0 Å².